The highest BCUT2D eigenvalue weighted by Crippen LogP contribution is 2.50. The zero-order chi connectivity index (χ0) is 21.3. The second kappa shape index (κ2) is 6.50. The maximum atomic E-state index is 14.7. The number of fused-ring (bicyclic) bond motifs is 4. The Labute approximate surface area is 167 Å². The summed E-state index contributed by atoms with van der Waals surface area (Å²) in [5.74, 6) is -2.07. The van der Waals surface area contributed by atoms with Gasteiger partial charge in [0.25, 0.3) is 5.91 Å². The summed E-state index contributed by atoms with van der Waals surface area (Å²) in [6.45, 7) is 4.55. The number of hydrogen-bond acceptors (Lipinski definition) is 4. The van der Waals surface area contributed by atoms with Gasteiger partial charge in [0, 0.05) is 18.5 Å². The maximum Gasteiger partial charge on any atom is 0.490 e. The van der Waals surface area contributed by atoms with Crippen LogP contribution in [-0.4, -0.2) is 48.8 Å². The first kappa shape index (κ1) is 20.3. The Morgan fingerprint density at radius 1 is 1.21 bits per heavy atom. The lowest BCUT2D eigenvalue weighted by Crippen LogP contribution is -2.41. The molecular weight excluding hydrogens is 386 g/mol. The van der Waals surface area contributed by atoms with E-state index in [2.05, 4.69) is 4.74 Å². The van der Waals surface area contributed by atoms with Crippen molar-refractivity contribution in [3.63, 3.8) is 0 Å². The monoisotopic (exact) mass is 409 g/mol. The van der Waals surface area contributed by atoms with E-state index in [1.54, 1.807) is 7.05 Å². The molecule has 9 heteroatoms. The molecule has 1 fully saturated rings. The summed E-state index contributed by atoms with van der Waals surface area (Å²) in [6, 6.07) is 1.81. The number of rotatable bonds is 3. The number of amides is 1. The van der Waals surface area contributed by atoms with Gasteiger partial charge in [0.2, 0.25) is 0 Å². The first-order valence-electron chi connectivity index (χ1n) is 9.54. The van der Waals surface area contributed by atoms with Crippen molar-refractivity contribution in [3.8, 4) is 5.75 Å². The van der Waals surface area contributed by atoms with Crippen molar-refractivity contribution >= 4 is 13.0 Å². The van der Waals surface area contributed by atoms with E-state index in [-0.39, 0.29) is 22.9 Å². The molecule has 0 aromatic heterocycles. The Hall–Kier alpha value is -2.00. The molecule has 1 aliphatic carbocycles. The van der Waals surface area contributed by atoms with Crippen LogP contribution in [0.2, 0.25) is 0 Å². The lowest BCUT2D eigenvalue weighted by molar-refractivity contribution is -0.0506. The van der Waals surface area contributed by atoms with Crippen LogP contribution in [-0.2, 0) is 9.31 Å². The number of hydrogen-bond donors (Lipinski definition) is 0. The summed E-state index contributed by atoms with van der Waals surface area (Å²) in [4.78, 5) is 14.3. The number of alkyl halides is 2. The van der Waals surface area contributed by atoms with Gasteiger partial charge >= 0.3 is 13.7 Å². The quantitative estimate of drug-likeness (QED) is 0.711. The van der Waals surface area contributed by atoms with Crippen LogP contribution in [0.25, 0.3) is 0 Å². The van der Waals surface area contributed by atoms with Gasteiger partial charge in [-0.15, -0.1) is 0 Å². The summed E-state index contributed by atoms with van der Waals surface area (Å²) in [6.07, 6.45) is 2.28. The van der Waals surface area contributed by atoms with Gasteiger partial charge in [-0.1, -0.05) is 6.08 Å². The molecule has 2 bridgehead atoms. The van der Waals surface area contributed by atoms with Gasteiger partial charge < -0.3 is 18.9 Å². The molecule has 156 valence electrons. The molecule has 2 heterocycles. The Kier molecular flexibility index (Phi) is 4.55. The summed E-state index contributed by atoms with van der Waals surface area (Å²) < 4.78 is 57.7. The van der Waals surface area contributed by atoms with E-state index in [4.69, 9.17) is 9.31 Å². The molecule has 3 aliphatic rings. The van der Waals surface area contributed by atoms with E-state index in [0.29, 0.717) is 11.9 Å². The lowest BCUT2D eigenvalue weighted by atomic mass is 9.69. The first-order valence-corrected chi connectivity index (χ1v) is 9.54. The number of halogens is 3. The maximum absolute atomic E-state index is 14.7. The first-order chi connectivity index (χ1) is 13.4. The van der Waals surface area contributed by atoms with Gasteiger partial charge in [0.05, 0.1) is 22.8 Å². The molecule has 2 atom stereocenters. The lowest BCUT2D eigenvalue weighted by Gasteiger charge is -2.32. The van der Waals surface area contributed by atoms with Crippen LogP contribution in [0.4, 0.5) is 13.2 Å². The molecule has 0 N–H and O–H groups in total. The molecule has 1 saturated heterocycles. The fraction of sp³-hybridized carbons (Fsp3) is 0.550. The number of allylic oxidation sites excluding steroid dienone is 1. The van der Waals surface area contributed by atoms with Gasteiger partial charge in [-0.25, -0.2) is 4.39 Å². The number of likely N-dealkylation sites (N-methyl/N-ethyl adjacent to an activating group) is 1. The molecule has 29 heavy (non-hydrogen) atoms. The largest absolute Gasteiger partial charge is 0.490 e. The van der Waals surface area contributed by atoms with E-state index in [9.17, 15) is 18.0 Å². The zero-order valence-electron chi connectivity index (χ0n) is 17.0. The predicted octanol–water partition coefficient (Wildman–Crippen LogP) is 3.93. The van der Waals surface area contributed by atoms with Crippen molar-refractivity contribution in [1.82, 2.24) is 4.90 Å². The third kappa shape index (κ3) is 3.06. The standard InChI is InChI=1S/C20H23BF3NO4/c1-19(2)20(3,4)29-21(28-19)12-9-10-8-11(12)15-14(27-18(23)24)7-6-13(22)16(15)17(26)25(10)5/h6-7,9-11,18H,8H2,1-5H3. The van der Waals surface area contributed by atoms with Gasteiger partial charge in [-0.05, 0) is 51.7 Å². The number of benzene rings is 1. The predicted molar refractivity (Wildman–Crippen MR) is 100 cm³/mol. The number of ether oxygens (including phenoxy) is 1. The van der Waals surface area contributed by atoms with Crippen molar-refractivity contribution < 1.29 is 32.0 Å². The van der Waals surface area contributed by atoms with E-state index >= 15 is 0 Å². The van der Waals surface area contributed by atoms with Crippen molar-refractivity contribution in [2.24, 2.45) is 0 Å². The molecule has 4 rings (SSSR count). The average molecular weight is 409 g/mol. The SMILES string of the molecule is CN1C(=O)c2c(F)ccc(OC(F)F)c2C2CC1C=C2B1OC(C)(C)C(C)(C)O1. The third-order valence-electron chi connectivity index (χ3n) is 6.54. The molecule has 1 aromatic rings. The zero-order valence-corrected chi connectivity index (χ0v) is 17.0. The summed E-state index contributed by atoms with van der Waals surface area (Å²) in [5.41, 5.74) is -0.609. The van der Waals surface area contributed by atoms with Gasteiger partial charge in [-0.2, -0.15) is 8.78 Å². The number of carbonyl (C=O) groups excluding carboxylic acids is 1. The topological polar surface area (TPSA) is 48.0 Å². The van der Waals surface area contributed by atoms with Crippen molar-refractivity contribution in [2.75, 3.05) is 7.05 Å². The van der Waals surface area contributed by atoms with E-state index in [0.717, 1.165) is 12.1 Å². The van der Waals surface area contributed by atoms with Crippen LogP contribution in [0.3, 0.4) is 0 Å². The molecule has 2 unspecified atom stereocenters. The van der Waals surface area contributed by atoms with Crippen LogP contribution in [0.15, 0.2) is 23.7 Å². The minimum absolute atomic E-state index is 0.128. The van der Waals surface area contributed by atoms with Crippen LogP contribution < -0.4 is 4.74 Å². The molecule has 2 aliphatic heterocycles. The number of carbonyl (C=O) groups is 1. The fourth-order valence-electron chi connectivity index (χ4n) is 4.22. The average Bonchev–Trinajstić information content (AvgIpc) is 3.09. The van der Waals surface area contributed by atoms with Gasteiger partial charge in [0.1, 0.15) is 11.6 Å². The van der Waals surface area contributed by atoms with E-state index in [1.807, 2.05) is 33.8 Å². The minimum atomic E-state index is -3.10. The Morgan fingerprint density at radius 2 is 1.83 bits per heavy atom. The second-order valence-electron chi connectivity index (χ2n) is 8.74. The Balaban J connectivity index is 1.85. The fourth-order valence-corrected chi connectivity index (χ4v) is 4.22. The normalized spacial score (nSPS) is 27.2. The van der Waals surface area contributed by atoms with Crippen molar-refractivity contribution in [1.29, 1.82) is 0 Å². The minimum Gasteiger partial charge on any atom is -0.434 e. The highest BCUT2D eigenvalue weighted by Gasteiger charge is 2.56. The molecule has 0 radical (unpaired) electrons. The smallest absolute Gasteiger partial charge is 0.434 e. The van der Waals surface area contributed by atoms with Crippen molar-refractivity contribution in [3.05, 3.63) is 40.6 Å². The number of nitrogens with zero attached hydrogens (tertiary/aromatic N) is 1. The Bertz CT molecular complexity index is 886. The van der Waals surface area contributed by atoms with Crippen LogP contribution >= 0.6 is 0 Å². The summed E-state index contributed by atoms with van der Waals surface area (Å²) in [5, 5.41) is 0. The van der Waals surface area contributed by atoms with Gasteiger partial charge in [0.15, 0.2) is 0 Å². The molecule has 5 nitrogen and oxygen atoms in total. The second-order valence-corrected chi connectivity index (χ2v) is 8.74. The molecular formula is C20H23BF3NO4. The van der Waals surface area contributed by atoms with Crippen LogP contribution in [0.1, 0.15) is 56.0 Å². The van der Waals surface area contributed by atoms with E-state index in [1.165, 1.54) is 4.90 Å². The third-order valence-corrected chi connectivity index (χ3v) is 6.54. The van der Waals surface area contributed by atoms with E-state index < -0.39 is 42.6 Å². The highest BCUT2D eigenvalue weighted by atomic mass is 19.3. The molecule has 0 saturated carbocycles. The van der Waals surface area contributed by atoms with Crippen LogP contribution in [0, 0.1) is 5.82 Å². The van der Waals surface area contributed by atoms with Gasteiger partial charge in [-0.3, -0.25) is 4.79 Å². The summed E-state index contributed by atoms with van der Waals surface area (Å²) >= 11 is 0. The van der Waals surface area contributed by atoms with Crippen LogP contribution in [0.5, 0.6) is 5.75 Å². The molecule has 0 spiro atoms. The highest BCUT2D eigenvalue weighted by molar-refractivity contribution is 6.55. The molecule has 1 aromatic carbocycles. The molecule has 1 amide bonds. The Morgan fingerprint density at radius 3 is 2.41 bits per heavy atom. The summed E-state index contributed by atoms with van der Waals surface area (Å²) in [7, 11) is 0.843. The van der Waals surface area contributed by atoms with Crippen molar-refractivity contribution in [2.45, 2.75) is 63.9 Å².